The first-order valence-corrected chi connectivity index (χ1v) is 6.53. The Balaban J connectivity index is 2.53. The zero-order valence-corrected chi connectivity index (χ0v) is 11.9. The van der Waals surface area contributed by atoms with Crippen LogP contribution in [0.3, 0.4) is 0 Å². The summed E-state index contributed by atoms with van der Waals surface area (Å²) < 4.78 is 7.24. The molecule has 0 bridgehead atoms. The Morgan fingerprint density at radius 3 is 2.68 bits per heavy atom. The molecule has 2 aromatic heterocycles. The Morgan fingerprint density at radius 2 is 2.11 bits per heavy atom. The molecular formula is C14H19N3O2. The zero-order chi connectivity index (χ0) is 14.0. The lowest BCUT2D eigenvalue weighted by molar-refractivity contribution is -0.118. The molecule has 102 valence electrons. The van der Waals surface area contributed by atoms with Gasteiger partial charge in [0.05, 0.1) is 19.2 Å². The smallest absolute Gasteiger partial charge is 0.237 e. The van der Waals surface area contributed by atoms with Crippen LogP contribution < -0.4 is 4.74 Å². The van der Waals surface area contributed by atoms with Crippen LogP contribution in [0.2, 0.25) is 0 Å². The SMILES string of the molecule is CCC(=O)Cc1cn2c(C)c(CC)c(OC)nc2n1. The number of aromatic nitrogens is 3. The van der Waals surface area contributed by atoms with Crippen LogP contribution in [0.5, 0.6) is 5.88 Å². The lowest BCUT2D eigenvalue weighted by Gasteiger charge is -2.10. The molecule has 5 nitrogen and oxygen atoms in total. The van der Waals surface area contributed by atoms with E-state index in [1.165, 1.54) is 0 Å². The van der Waals surface area contributed by atoms with E-state index in [0.717, 1.165) is 23.4 Å². The fourth-order valence-electron chi connectivity index (χ4n) is 2.19. The third kappa shape index (κ3) is 2.45. The van der Waals surface area contributed by atoms with Crippen molar-refractivity contribution in [1.29, 1.82) is 0 Å². The molecule has 0 radical (unpaired) electrons. The van der Waals surface area contributed by atoms with E-state index in [9.17, 15) is 4.79 Å². The molecule has 0 spiro atoms. The van der Waals surface area contributed by atoms with Crippen molar-refractivity contribution in [2.75, 3.05) is 7.11 Å². The van der Waals surface area contributed by atoms with Crippen LogP contribution in [0.4, 0.5) is 0 Å². The van der Waals surface area contributed by atoms with E-state index in [1.54, 1.807) is 7.11 Å². The molecule has 0 N–H and O–H groups in total. The number of methoxy groups -OCH3 is 1. The number of rotatable bonds is 5. The summed E-state index contributed by atoms with van der Waals surface area (Å²) in [5.41, 5.74) is 2.89. The lowest BCUT2D eigenvalue weighted by atomic mass is 10.2. The first-order valence-electron chi connectivity index (χ1n) is 6.53. The summed E-state index contributed by atoms with van der Waals surface area (Å²) in [4.78, 5) is 20.3. The highest BCUT2D eigenvalue weighted by Crippen LogP contribution is 2.22. The summed E-state index contributed by atoms with van der Waals surface area (Å²) in [5.74, 6) is 1.39. The van der Waals surface area contributed by atoms with Gasteiger partial charge in [-0.2, -0.15) is 4.98 Å². The van der Waals surface area contributed by atoms with Crippen molar-refractivity contribution in [3.05, 3.63) is 23.1 Å². The van der Waals surface area contributed by atoms with E-state index in [4.69, 9.17) is 4.74 Å². The fraction of sp³-hybridized carbons (Fsp3) is 0.500. The Hall–Kier alpha value is -1.91. The number of Topliss-reactive ketones (excluding diaryl/α,β-unsaturated/α-hetero) is 1. The molecule has 19 heavy (non-hydrogen) atoms. The number of imidazole rings is 1. The third-order valence-corrected chi connectivity index (χ3v) is 3.31. The van der Waals surface area contributed by atoms with Gasteiger partial charge in [0.25, 0.3) is 0 Å². The van der Waals surface area contributed by atoms with Crippen LogP contribution >= 0.6 is 0 Å². The summed E-state index contributed by atoms with van der Waals surface area (Å²) in [6.07, 6.45) is 3.63. The van der Waals surface area contributed by atoms with E-state index < -0.39 is 0 Å². The van der Waals surface area contributed by atoms with E-state index in [-0.39, 0.29) is 5.78 Å². The standard InChI is InChI=1S/C14H19N3O2/c1-5-11(18)7-10-8-17-9(3)12(6-2)13(19-4)16-14(17)15-10/h8H,5-7H2,1-4H3. The topological polar surface area (TPSA) is 56.5 Å². The van der Waals surface area contributed by atoms with Crippen molar-refractivity contribution < 1.29 is 9.53 Å². The van der Waals surface area contributed by atoms with Gasteiger partial charge in [0.2, 0.25) is 11.7 Å². The maximum atomic E-state index is 11.5. The van der Waals surface area contributed by atoms with Gasteiger partial charge < -0.3 is 4.74 Å². The molecule has 2 heterocycles. The summed E-state index contributed by atoms with van der Waals surface area (Å²) in [5, 5.41) is 0. The highest BCUT2D eigenvalue weighted by atomic mass is 16.5. The number of ether oxygens (including phenoxy) is 1. The summed E-state index contributed by atoms with van der Waals surface area (Å²) in [6.45, 7) is 5.94. The maximum Gasteiger partial charge on any atom is 0.237 e. The van der Waals surface area contributed by atoms with Gasteiger partial charge in [-0.15, -0.1) is 0 Å². The van der Waals surface area contributed by atoms with Crippen molar-refractivity contribution in [3.8, 4) is 5.88 Å². The number of aryl methyl sites for hydroxylation is 1. The third-order valence-electron chi connectivity index (χ3n) is 3.31. The van der Waals surface area contributed by atoms with Gasteiger partial charge in [0, 0.05) is 23.9 Å². The second-order valence-corrected chi connectivity index (χ2v) is 4.51. The highest BCUT2D eigenvalue weighted by Gasteiger charge is 2.14. The lowest BCUT2D eigenvalue weighted by Crippen LogP contribution is -2.03. The number of carbonyl (C=O) groups is 1. The quantitative estimate of drug-likeness (QED) is 0.827. The Morgan fingerprint density at radius 1 is 1.37 bits per heavy atom. The van der Waals surface area contributed by atoms with Gasteiger partial charge in [0.1, 0.15) is 5.78 Å². The summed E-state index contributed by atoms with van der Waals surface area (Å²) in [7, 11) is 1.61. The molecule has 5 heteroatoms. The van der Waals surface area contributed by atoms with Crippen molar-refractivity contribution in [2.45, 2.75) is 40.0 Å². The van der Waals surface area contributed by atoms with Crippen molar-refractivity contribution in [2.24, 2.45) is 0 Å². The predicted octanol–water partition coefficient (Wildman–Crippen LogP) is 2.13. The largest absolute Gasteiger partial charge is 0.481 e. The van der Waals surface area contributed by atoms with Crippen LogP contribution in [0.25, 0.3) is 5.78 Å². The molecule has 0 amide bonds. The number of fused-ring (bicyclic) bond motifs is 1. The Bertz CT molecular complexity index is 617. The molecule has 0 aliphatic carbocycles. The molecular weight excluding hydrogens is 242 g/mol. The maximum absolute atomic E-state index is 11.5. The second kappa shape index (κ2) is 5.38. The predicted molar refractivity (Wildman–Crippen MR) is 72.7 cm³/mol. The monoisotopic (exact) mass is 261 g/mol. The molecule has 0 atom stereocenters. The first kappa shape index (κ1) is 13.5. The minimum absolute atomic E-state index is 0.184. The van der Waals surface area contributed by atoms with Crippen molar-refractivity contribution >= 4 is 11.6 Å². The van der Waals surface area contributed by atoms with Gasteiger partial charge in [-0.05, 0) is 13.3 Å². The number of ketones is 1. The molecule has 0 unspecified atom stereocenters. The van der Waals surface area contributed by atoms with Crippen molar-refractivity contribution in [3.63, 3.8) is 0 Å². The van der Waals surface area contributed by atoms with Crippen LogP contribution in [-0.2, 0) is 17.6 Å². The van der Waals surface area contributed by atoms with Gasteiger partial charge in [-0.25, -0.2) is 4.98 Å². The molecule has 2 aromatic rings. The average Bonchev–Trinajstić information content (AvgIpc) is 2.81. The number of nitrogens with zero attached hydrogens (tertiary/aromatic N) is 3. The summed E-state index contributed by atoms with van der Waals surface area (Å²) >= 11 is 0. The van der Waals surface area contributed by atoms with Gasteiger partial charge in [-0.1, -0.05) is 13.8 Å². The summed E-state index contributed by atoms with van der Waals surface area (Å²) in [6, 6.07) is 0. The molecule has 0 fully saturated rings. The molecule has 2 rings (SSSR count). The van der Waals surface area contributed by atoms with Crippen molar-refractivity contribution in [1.82, 2.24) is 14.4 Å². The highest BCUT2D eigenvalue weighted by molar-refractivity contribution is 5.80. The number of carbonyl (C=O) groups excluding carboxylic acids is 1. The van der Waals surface area contributed by atoms with E-state index >= 15 is 0 Å². The van der Waals surface area contributed by atoms with Crippen LogP contribution in [-0.4, -0.2) is 27.3 Å². The Kier molecular flexibility index (Phi) is 3.83. The molecule has 0 aliphatic rings. The molecule has 0 aliphatic heterocycles. The van der Waals surface area contributed by atoms with E-state index in [1.807, 2.05) is 24.4 Å². The van der Waals surface area contributed by atoms with Gasteiger partial charge in [0.15, 0.2) is 0 Å². The van der Waals surface area contributed by atoms with Crippen LogP contribution in [0, 0.1) is 6.92 Å². The number of hydrogen-bond donors (Lipinski definition) is 0. The average molecular weight is 261 g/mol. The van der Waals surface area contributed by atoms with Gasteiger partial charge in [-0.3, -0.25) is 9.20 Å². The Labute approximate surface area is 112 Å². The normalized spacial score (nSPS) is 10.9. The molecule has 0 aromatic carbocycles. The molecule has 0 saturated carbocycles. The molecule has 0 saturated heterocycles. The van der Waals surface area contributed by atoms with E-state index in [0.29, 0.717) is 24.5 Å². The van der Waals surface area contributed by atoms with E-state index in [2.05, 4.69) is 16.9 Å². The van der Waals surface area contributed by atoms with Crippen LogP contribution in [0.15, 0.2) is 6.20 Å². The fourth-order valence-corrected chi connectivity index (χ4v) is 2.19. The number of hydrogen-bond acceptors (Lipinski definition) is 4. The first-order chi connectivity index (χ1) is 9.10. The van der Waals surface area contributed by atoms with Gasteiger partial charge >= 0.3 is 0 Å². The van der Waals surface area contributed by atoms with Crippen LogP contribution in [0.1, 0.15) is 37.2 Å². The second-order valence-electron chi connectivity index (χ2n) is 4.51. The minimum Gasteiger partial charge on any atom is -0.481 e. The zero-order valence-electron chi connectivity index (χ0n) is 11.9. The minimum atomic E-state index is 0.184.